The zero-order valence-corrected chi connectivity index (χ0v) is 9.69. The molecular weight excluding hydrogens is 196 g/mol. The van der Waals surface area contributed by atoms with Crippen molar-refractivity contribution in [3.63, 3.8) is 0 Å². The van der Waals surface area contributed by atoms with Gasteiger partial charge in [0.2, 0.25) is 0 Å². The van der Waals surface area contributed by atoms with Gasteiger partial charge in [0.25, 0.3) is 0 Å². The minimum atomic E-state index is -0.519. The second kappa shape index (κ2) is 9.11. The molecule has 14 heavy (non-hydrogen) atoms. The first kappa shape index (κ1) is 13.5. The van der Waals surface area contributed by atoms with Crippen molar-refractivity contribution in [2.75, 3.05) is 5.75 Å². The predicted molar refractivity (Wildman–Crippen MR) is 61.1 cm³/mol. The molecule has 0 saturated carbocycles. The van der Waals surface area contributed by atoms with Gasteiger partial charge in [-0.2, -0.15) is 0 Å². The maximum Gasteiger partial charge on any atom is 0.186 e. The van der Waals surface area contributed by atoms with Crippen molar-refractivity contribution in [3.8, 4) is 11.8 Å². The Hall–Kier alpha value is -0.460. The zero-order valence-electron chi connectivity index (χ0n) is 8.88. The quantitative estimate of drug-likeness (QED) is 0.563. The summed E-state index contributed by atoms with van der Waals surface area (Å²) in [6, 6.07) is 0. The van der Waals surface area contributed by atoms with Gasteiger partial charge in [-0.25, -0.2) is 0 Å². The van der Waals surface area contributed by atoms with Gasteiger partial charge in [-0.05, 0) is 12.8 Å². The first-order valence-electron chi connectivity index (χ1n) is 4.96. The summed E-state index contributed by atoms with van der Waals surface area (Å²) in [5, 5.41) is 9.44. The molecule has 0 bridgehead atoms. The average molecular weight is 214 g/mol. The molecule has 0 amide bonds. The number of aliphatic hydroxyl groups is 1. The molecule has 0 aromatic heterocycles. The lowest BCUT2D eigenvalue weighted by molar-refractivity contribution is -0.109. The molecule has 0 saturated heterocycles. The van der Waals surface area contributed by atoms with E-state index in [0.29, 0.717) is 5.75 Å². The summed E-state index contributed by atoms with van der Waals surface area (Å²) in [6.07, 6.45) is 3.54. The van der Waals surface area contributed by atoms with E-state index in [4.69, 9.17) is 0 Å². The topological polar surface area (TPSA) is 37.3 Å². The second-order valence-corrected chi connectivity index (χ2v) is 4.27. The second-order valence-electron chi connectivity index (χ2n) is 3.11. The lowest BCUT2D eigenvalue weighted by Crippen LogP contribution is -2.02. The fraction of sp³-hybridized carbons (Fsp3) is 0.727. The van der Waals surface area contributed by atoms with Gasteiger partial charge in [-0.3, -0.25) is 4.79 Å². The molecule has 0 aliphatic heterocycles. The highest BCUT2D eigenvalue weighted by Crippen LogP contribution is 2.03. The fourth-order valence-electron chi connectivity index (χ4n) is 0.957. The van der Waals surface area contributed by atoms with Crippen LogP contribution in [0.4, 0.5) is 0 Å². The Morgan fingerprint density at radius 1 is 1.50 bits per heavy atom. The lowest BCUT2D eigenvalue weighted by atomic mass is 10.1. The van der Waals surface area contributed by atoms with Crippen molar-refractivity contribution in [1.82, 2.24) is 0 Å². The van der Waals surface area contributed by atoms with Crippen LogP contribution in [0.3, 0.4) is 0 Å². The first-order chi connectivity index (χ1) is 6.66. The van der Waals surface area contributed by atoms with Gasteiger partial charge in [-0.15, -0.1) is 0 Å². The molecule has 0 fully saturated rings. The SMILES string of the molecule is CCCCCC(O)C#CCSC(C)=O. The van der Waals surface area contributed by atoms with Crippen molar-refractivity contribution >= 4 is 16.9 Å². The zero-order chi connectivity index (χ0) is 10.8. The van der Waals surface area contributed by atoms with E-state index in [1.165, 1.54) is 18.7 Å². The van der Waals surface area contributed by atoms with Crippen LogP contribution in [0, 0.1) is 11.8 Å². The number of hydrogen-bond donors (Lipinski definition) is 1. The number of hydrogen-bond acceptors (Lipinski definition) is 3. The van der Waals surface area contributed by atoms with Crippen molar-refractivity contribution in [1.29, 1.82) is 0 Å². The highest BCUT2D eigenvalue weighted by atomic mass is 32.2. The van der Waals surface area contributed by atoms with Crippen LogP contribution in [-0.4, -0.2) is 22.1 Å². The Balaban J connectivity index is 3.48. The summed E-state index contributed by atoms with van der Waals surface area (Å²) < 4.78 is 0. The Morgan fingerprint density at radius 2 is 2.21 bits per heavy atom. The molecule has 1 atom stereocenters. The van der Waals surface area contributed by atoms with Gasteiger partial charge in [0.15, 0.2) is 5.12 Å². The minimum Gasteiger partial charge on any atom is -0.380 e. The van der Waals surface area contributed by atoms with Crippen LogP contribution in [-0.2, 0) is 4.79 Å². The maximum absolute atomic E-state index is 10.5. The molecule has 0 aliphatic rings. The number of unbranched alkanes of at least 4 members (excludes halogenated alkanes) is 2. The molecule has 2 nitrogen and oxygen atoms in total. The van der Waals surface area contributed by atoms with Gasteiger partial charge < -0.3 is 5.11 Å². The number of carbonyl (C=O) groups excluding carboxylic acids is 1. The molecule has 1 N–H and O–H groups in total. The summed E-state index contributed by atoms with van der Waals surface area (Å²) in [5.41, 5.74) is 0. The Kier molecular flexibility index (Phi) is 8.81. The van der Waals surface area contributed by atoms with Crippen LogP contribution in [0.2, 0.25) is 0 Å². The average Bonchev–Trinajstić information content (AvgIpc) is 2.13. The van der Waals surface area contributed by atoms with E-state index in [1.807, 2.05) is 0 Å². The largest absolute Gasteiger partial charge is 0.380 e. The van der Waals surface area contributed by atoms with Crippen LogP contribution < -0.4 is 0 Å². The number of carbonyl (C=O) groups is 1. The van der Waals surface area contributed by atoms with E-state index in [1.54, 1.807) is 0 Å². The minimum absolute atomic E-state index is 0.0692. The monoisotopic (exact) mass is 214 g/mol. The molecule has 80 valence electrons. The molecule has 0 aromatic carbocycles. The van der Waals surface area contributed by atoms with Gasteiger partial charge >= 0.3 is 0 Å². The highest BCUT2D eigenvalue weighted by Gasteiger charge is 1.97. The molecule has 0 aliphatic carbocycles. The van der Waals surface area contributed by atoms with Gasteiger partial charge in [0.05, 0.1) is 5.75 Å². The summed E-state index contributed by atoms with van der Waals surface area (Å²) in [5.74, 6) is 6.00. The molecule has 0 spiro atoms. The summed E-state index contributed by atoms with van der Waals surface area (Å²) in [7, 11) is 0. The number of thioether (sulfide) groups is 1. The maximum atomic E-state index is 10.5. The lowest BCUT2D eigenvalue weighted by Gasteiger charge is -2.00. The third-order valence-electron chi connectivity index (χ3n) is 1.70. The fourth-order valence-corrected chi connectivity index (χ4v) is 1.32. The van der Waals surface area contributed by atoms with E-state index >= 15 is 0 Å². The molecule has 3 heteroatoms. The normalized spacial score (nSPS) is 11.6. The molecule has 0 rings (SSSR count). The Morgan fingerprint density at radius 3 is 2.79 bits per heavy atom. The van der Waals surface area contributed by atoms with Crippen molar-refractivity contribution in [2.24, 2.45) is 0 Å². The highest BCUT2D eigenvalue weighted by molar-refractivity contribution is 8.13. The molecule has 1 unspecified atom stereocenters. The van der Waals surface area contributed by atoms with Gasteiger partial charge in [-0.1, -0.05) is 43.4 Å². The molecular formula is C11H18O2S. The Bertz CT molecular complexity index is 215. The van der Waals surface area contributed by atoms with E-state index in [-0.39, 0.29) is 5.12 Å². The summed E-state index contributed by atoms with van der Waals surface area (Å²) in [6.45, 7) is 3.64. The van der Waals surface area contributed by atoms with E-state index < -0.39 is 6.10 Å². The summed E-state index contributed by atoms with van der Waals surface area (Å²) >= 11 is 1.18. The number of aliphatic hydroxyl groups excluding tert-OH is 1. The first-order valence-corrected chi connectivity index (χ1v) is 5.95. The predicted octanol–water partition coefficient (Wildman–Crippen LogP) is 2.21. The van der Waals surface area contributed by atoms with Gasteiger partial charge in [0.1, 0.15) is 6.10 Å². The third-order valence-corrected chi connectivity index (χ3v) is 2.39. The standard InChI is InChI=1S/C11H18O2S/c1-3-4-5-7-11(13)8-6-9-14-10(2)12/h11,13H,3-5,7,9H2,1-2H3. The van der Waals surface area contributed by atoms with Crippen molar-refractivity contribution < 1.29 is 9.90 Å². The number of rotatable bonds is 5. The van der Waals surface area contributed by atoms with Crippen LogP contribution in [0.5, 0.6) is 0 Å². The van der Waals surface area contributed by atoms with E-state index in [2.05, 4.69) is 18.8 Å². The van der Waals surface area contributed by atoms with Crippen LogP contribution in [0.15, 0.2) is 0 Å². The molecule has 0 heterocycles. The van der Waals surface area contributed by atoms with Crippen LogP contribution in [0.25, 0.3) is 0 Å². The third kappa shape index (κ3) is 9.63. The molecule has 0 aromatic rings. The van der Waals surface area contributed by atoms with Crippen molar-refractivity contribution in [2.45, 2.75) is 45.6 Å². The van der Waals surface area contributed by atoms with Crippen LogP contribution in [0.1, 0.15) is 39.5 Å². The smallest absolute Gasteiger partial charge is 0.186 e. The van der Waals surface area contributed by atoms with E-state index in [9.17, 15) is 9.90 Å². The van der Waals surface area contributed by atoms with E-state index in [0.717, 1.165) is 25.7 Å². The Labute approximate surface area is 90.5 Å². The summed E-state index contributed by atoms with van der Waals surface area (Å²) in [4.78, 5) is 10.5. The van der Waals surface area contributed by atoms with Crippen molar-refractivity contribution in [3.05, 3.63) is 0 Å². The molecule has 0 radical (unpaired) electrons. The van der Waals surface area contributed by atoms with Gasteiger partial charge in [0, 0.05) is 6.92 Å². The van der Waals surface area contributed by atoms with Crippen LogP contribution >= 0.6 is 11.8 Å².